The maximum absolute atomic E-state index is 11.2. The molecule has 0 saturated carbocycles. The maximum Gasteiger partial charge on any atom is 0.373 e. The van der Waals surface area contributed by atoms with E-state index in [9.17, 15) is 4.79 Å². The van der Waals surface area contributed by atoms with Crippen molar-refractivity contribution in [3.63, 3.8) is 0 Å². The van der Waals surface area contributed by atoms with E-state index in [0.717, 1.165) is 10.8 Å². The molecular formula is C12H11NO3S. The number of pyridine rings is 1. The van der Waals surface area contributed by atoms with Gasteiger partial charge in [-0.1, -0.05) is 17.8 Å². The summed E-state index contributed by atoms with van der Waals surface area (Å²) in [6.45, 7) is 0. The van der Waals surface area contributed by atoms with Crippen LogP contribution in [0.25, 0.3) is 0 Å². The molecule has 5 heteroatoms. The number of aromatic nitrogens is 1. The molecule has 0 unspecified atom stereocenters. The molecule has 88 valence electrons. The van der Waals surface area contributed by atoms with Crippen molar-refractivity contribution in [3.8, 4) is 0 Å². The second-order valence-electron chi connectivity index (χ2n) is 3.21. The van der Waals surface area contributed by atoms with Crippen molar-refractivity contribution in [2.45, 2.75) is 10.8 Å². The molecule has 0 atom stereocenters. The molecule has 0 aromatic carbocycles. The minimum absolute atomic E-state index is 0.226. The molecule has 0 aliphatic carbocycles. The molecule has 0 saturated heterocycles. The van der Waals surface area contributed by atoms with E-state index in [-0.39, 0.29) is 5.76 Å². The normalized spacial score (nSPS) is 10.2. The Morgan fingerprint density at radius 1 is 1.41 bits per heavy atom. The molecular weight excluding hydrogens is 238 g/mol. The van der Waals surface area contributed by atoms with Crippen LogP contribution in [0.3, 0.4) is 0 Å². The molecule has 17 heavy (non-hydrogen) atoms. The zero-order chi connectivity index (χ0) is 12.1. The summed E-state index contributed by atoms with van der Waals surface area (Å²) in [7, 11) is 1.33. The number of carbonyl (C=O) groups is 1. The molecule has 0 spiro atoms. The lowest BCUT2D eigenvalue weighted by molar-refractivity contribution is 0.0563. The first-order valence-corrected chi connectivity index (χ1v) is 5.99. The van der Waals surface area contributed by atoms with Gasteiger partial charge >= 0.3 is 5.97 Å². The Balaban J connectivity index is 1.96. The lowest BCUT2D eigenvalue weighted by Crippen LogP contribution is -1.98. The summed E-state index contributed by atoms with van der Waals surface area (Å²) in [4.78, 5) is 15.3. The highest BCUT2D eigenvalue weighted by Crippen LogP contribution is 2.21. The van der Waals surface area contributed by atoms with Crippen LogP contribution in [-0.4, -0.2) is 18.1 Å². The Labute approximate surface area is 103 Å². The highest BCUT2D eigenvalue weighted by Gasteiger charge is 2.11. The van der Waals surface area contributed by atoms with E-state index in [2.05, 4.69) is 9.72 Å². The second kappa shape index (κ2) is 5.54. The van der Waals surface area contributed by atoms with Gasteiger partial charge in [0.25, 0.3) is 0 Å². The smallest absolute Gasteiger partial charge is 0.373 e. The van der Waals surface area contributed by atoms with Crippen molar-refractivity contribution in [2.75, 3.05) is 7.11 Å². The fourth-order valence-corrected chi connectivity index (χ4v) is 2.00. The standard InChI is InChI=1S/C12H11NO3S/c1-15-12(14)10-6-5-9(16-10)8-17-11-4-2-3-7-13-11/h2-7H,8H2,1H3. The van der Waals surface area contributed by atoms with Crippen LogP contribution in [0.4, 0.5) is 0 Å². The average Bonchev–Trinajstić information content (AvgIpc) is 2.85. The highest BCUT2D eigenvalue weighted by molar-refractivity contribution is 7.98. The lowest BCUT2D eigenvalue weighted by atomic mass is 10.4. The summed E-state index contributed by atoms with van der Waals surface area (Å²) in [5.41, 5.74) is 0. The minimum Gasteiger partial charge on any atom is -0.463 e. The zero-order valence-corrected chi connectivity index (χ0v) is 10.1. The van der Waals surface area contributed by atoms with Crippen molar-refractivity contribution in [2.24, 2.45) is 0 Å². The number of furan rings is 1. The fraction of sp³-hybridized carbons (Fsp3) is 0.167. The zero-order valence-electron chi connectivity index (χ0n) is 9.25. The van der Waals surface area contributed by atoms with Gasteiger partial charge in [-0.2, -0.15) is 0 Å². The Morgan fingerprint density at radius 2 is 2.29 bits per heavy atom. The summed E-state index contributed by atoms with van der Waals surface area (Å²) < 4.78 is 9.90. The average molecular weight is 249 g/mol. The molecule has 0 amide bonds. The molecule has 2 rings (SSSR count). The van der Waals surface area contributed by atoms with Crippen LogP contribution in [0.1, 0.15) is 16.3 Å². The molecule has 0 aliphatic rings. The van der Waals surface area contributed by atoms with Crippen LogP contribution < -0.4 is 0 Å². The number of thioether (sulfide) groups is 1. The van der Waals surface area contributed by atoms with Gasteiger partial charge in [0, 0.05) is 6.20 Å². The minimum atomic E-state index is -0.459. The number of carbonyl (C=O) groups excluding carboxylic acids is 1. The van der Waals surface area contributed by atoms with Gasteiger partial charge in [0.1, 0.15) is 5.76 Å². The molecule has 0 bridgehead atoms. The van der Waals surface area contributed by atoms with E-state index in [4.69, 9.17) is 4.42 Å². The first-order valence-electron chi connectivity index (χ1n) is 5.00. The Bertz CT molecular complexity index is 495. The number of hydrogen-bond acceptors (Lipinski definition) is 5. The molecule has 2 aromatic rings. The summed E-state index contributed by atoms with van der Waals surface area (Å²) in [5, 5.41) is 0.920. The number of hydrogen-bond donors (Lipinski definition) is 0. The third-order valence-corrected chi connectivity index (χ3v) is 3.01. The lowest BCUT2D eigenvalue weighted by Gasteiger charge is -1.97. The predicted octanol–water partition coefficient (Wildman–Crippen LogP) is 2.75. The van der Waals surface area contributed by atoms with Crippen LogP contribution in [0.15, 0.2) is 46.0 Å². The number of methoxy groups -OCH3 is 1. The third kappa shape index (κ3) is 3.10. The number of esters is 1. The van der Waals surface area contributed by atoms with Gasteiger partial charge in [-0.15, -0.1) is 0 Å². The summed E-state index contributed by atoms with van der Waals surface area (Å²) in [6.07, 6.45) is 1.74. The number of nitrogens with zero attached hydrogens (tertiary/aromatic N) is 1. The van der Waals surface area contributed by atoms with Crippen molar-refractivity contribution < 1.29 is 13.9 Å². The molecule has 2 aromatic heterocycles. The molecule has 0 N–H and O–H groups in total. The van der Waals surface area contributed by atoms with Gasteiger partial charge in [0.2, 0.25) is 5.76 Å². The van der Waals surface area contributed by atoms with Crippen molar-refractivity contribution in [1.29, 1.82) is 0 Å². The van der Waals surface area contributed by atoms with Crippen molar-refractivity contribution in [3.05, 3.63) is 48.0 Å². The Kier molecular flexibility index (Phi) is 3.82. The summed E-state index contributed by atoms with van der Waals surface area (Å²) in [5.74, 6) is 1.12. The fourth-order valence-electron chi connectivity index (χ4n) is 1.24. The second-order valence-corrected chi connectivity index (χ2v) is 4.21. The van der Waals surface area contributed by atoms with E-state index in [1.54, 1.807) is 30.1 Å². The summed E-state index contributed by atoms with van der Waals surface area (Å²) >= 11 is 1.55. The van der Waals surface area contributed by atoms with Crippen LogP contribution in [0, 0.1) is 0 Å². The summed E-state index contributed by atoms with van der Waals surface area (Å²) in [6, 6.07) is 9.10. The highest BCUT2D eigenvalue weighted by atomic mass is 32.2. The Hall–Kier alpha value is -1.75. The van der Waals surface area contributed by atoms with Gasteiger partial charge in [-0.05, 0) is 24.3 Å². The van der Waals surface area contributed by atoms with Gasteiger partial charge in [-0.25, -0.2) is 9.78 Å². The molecule has 0 fully saturated rings. The van der Waals surface area contributed by atoms with Crippen LogP contribution in [0.5, 0.6) is 0 Å². The number of rotatable bonds is 4. The van der Waals surface area contributed by atoms with Crippen molar-refractivity contribution >= 4 is 17.7 Å². The first-order chi connectivity index (χ1) is 8.29. The quantitative estimate of drug-likeness (QED) is 0.616. The molecule has 0 aliphatic heterocycles. The van der Waals surface area contributed by atoms with E-state index in [1.807, 2.05) is 18.2 Å². The first kappa shape index (κ1) is 11.7. The third-order valence-electron chi connectivity index (χ3n) is 2.05. The van der Waals surface area contributed by atoms with E-state index < -0.39 is 5.97 Å². The SMILES string of the molecule is COC(=O)c1ccc(CSc2ccccn2)o1. The van der Waals surface area contributed by atoms with Crippen LogP contribution >= 0.6 is 11.8 Å². The Morgan fingerprint density at radius 3 is 3.00 bits per heavy atom. The monoisotopic (exact) mass is 249 g/mol. The van der Waals surface area contributed by atoms with Crippen LogP contribution in [-0.2, 0) is 10.5 Å². The maximum atomic E-state index is 11.2. The predicted molar refractivity (Wildman–Crippen MR) is 63.8 cm³/mol. The number of ether oxygens (including phenoxy) is 1. The van der Waals surface area contributed by atoms with Crippen molar-refractivity contribution in [1.82, 2.24) is 4.98 Å². The van der Waals surface area contributed by atoms with E-state index >= 15 is 0 Å². The van der Waals surface area contributed by atoms with Gasteiger partial charge < -0.3 is 9.15 Å². The van der Waals surface area contributed by atoms with Gasteiger partial charge in [0.05, 0.1) is 17.9 Å². The van der Waals surface area contributed by atoms with Gasteiger partial charge in [-0.3, -0.25) is 0 Å². The van der Waals surface area contributed by atoms with E-state index in [0.29, 0.717) is 5.75 Å². The topological polar surface area (TPSA) is 52.3 Å². The largest absolute Gasteiger partial charge is 0.463 e. The molecule has 0 radical (unpaired) electrons. The molecule has 2 heterocycles. The van der Waals surface area contributed by atoms with Crippen LogP contribution in [0.2, 0.25) is 0 Å². The van der Waals surface area contributed by atoms with Gasteiger partial charge in [0.15, 0.2) is 0 Å². The van der Waals surface area contributed by atoms with E-state index in [1.165, 1.54) is 7.11 Å². The molecule has 4 nitrogen and oxygen atoms in total.